The predicted molar refractivity (Wildman–Crippen MR) is 82.1 cm³/mol. The first kappa shape index (κ1) is 15.5. The highest BCUT2D eigenvalue weighted by atomic mass is 19.1. The number of amides is 3. The van der Waals surface area contributed by atoms with Gasteiger partial charge in [0.05, 0.1) is 0 Å². The number of urea groups is 1. The lowest BCUT2D eigenvalue weighted by atomic mass is 10.1. The molecule has 0 aromatic heterocycles. The van der Waals surface area contributed by atoms with Gasteiger partial charge < -0.3 is 16.4 Å². The summed E-state index contributed by atoms with van der Waals surface area (Å²) in [5.74, 6) is -0.525. The highest BCUT2D eigenvalue weighted by molar-refractivity contribution is 5.95. The lowest BCUT2D eigenvalue weighted by Crippen LogP contribution is -2.25. The molecule has 0 fully saturated rings. The second-order valence-electron chi connectivity index (χ2n) is 4.70. The Morgan fingerprint density at radius 2 is 1.82 bits per heavy atom. The summed E-state index contributed by atoms with van der Waals surface area (Å²) in [6.45, 7) is 0.406. The van der Waals surface area contributed by atoms with Gasteiger partial charge in [-0.2, -0.15) is 0 Å². The van der Waals surface area contributed by atoms with E-state index in [4.69, 9.17) is 5.73 Å². The van der Waals surface area contributed by atoms with Gasteiger partial charge in [-0.25, -0.2) is 9.18 Å². The molecule has 2 rings (SSSR count). The SMILES string of the molecule is NC(=O)Nc1ccc(C(=O)NCCc2cccc(F)c2)cc1. The summed E-state index contributed by atoms with van der Waals surface area (Å²) in [6.07, 6.45) is 0.546. The van der Waals surface area contributed by atoms with Crippen molar-refractivity contribution >= 4 is 17.6 Å². The van der Waals surface area contributed by atoms with Crippen molar-refractivity contribution in [2.75, 3.05) is 11.9 Å². The molecule has 5 nitrogen and oxygen atoms in total. The van der Waals surface area contributed by atoms with Crippen LogP contribution in [0.3, 0.4) is 0 Å². The van der Waals surface area contributed by atoms with E-state index in [1.807, 2.05) is 0 Å². The summed E-state index contributed by atoms with van der Waals surface area (Å²) in [7, 11) is 0. The number of hydrogen-bond donors (Lipinski definition) is 3. The van der Waals surface area contributed by atoms with Crippen LogP contribution in [0.15, 0.2) is 48.5 Å². The fraction of sp³-hybridized carbons (Fsp3) is 0.125. The number of anilines is 1. The Morgan fingerprint density at radius 3 is 2.45 bits per heavy atom. The van der Waals surface area contributed by atoms with Gasteiger partial charge in [-0.1, -0.05) is 12.1 Å². The van der Waals surface area contributed by atoms with Gasteiger partial charge in [0.2, 0.25) is 0 Å². The van der Waals surface area contributed by atoms with E-state index < -0.39 is 6.03 Å². The van der Waals surface area contributed by atoms with Crippen LogP contribution in [-0.2, 0) is 6.42 Å². The molecule has 22 heavy (non-hydrogen) atoms. The molecule has 2 aromatic carbocycles. The van der Waals surface area contributed by atoms with Crippen LogP contribution in [0.5, 0.6) is 0 Å². The minimum absolute atomic E-state index is 0.234. The second kappa shape index (κ2) is 7.21. The molecule has 0 atom stereocenters. The summed E-state index contributed by atoms with van der Waals surface area (Å²) in [6, 6.07) is 12.0. The molecular formula is C16H16FN3O2. The Bertz CT molecular complexity index is 671. The van der Waals surface area contributed by atoms with Gasteiger partial charge in [0.1, 0.15) is 5.82 Å². The second-order valence-corrected chi connectivity index (χ2v) is 4.70. The van der Waals surface area contributed by atoms with Crippen LogP contribution in [-0.4, -0.2) is 18.5 Å². The molecule has 0 bridgehead atoms. The third kappa shape index (κ3) is 4.59. The van der Waals surface area contributed by atoms with Gasteiger partial charge in [-0.3, -0.25) is 4.79 Å². The molecule has 0 aliphatic heterocycles. The molecule has 0 unspecified atom stereocenters. The average Bonchev–Trinajstić information content (AvgIpc) is 2.47. The van der Waals surface area contributed by atoms with Crippen molar-refractivity contribution < 1.29 is 14.0 Å². The molecule has 0 heterocycles. The highest BCUT2D eigenvalue weighted by Crippen LogP contribution is 2.09. The van der Waals surface area contributed by atoms with Gasteiger partial charge >= 0.3 is 6.03 Å². The van der Waals surface area contributed by atoms with Crippen molar-refractivity contribution in [3.63, 3.8) is 0 Å². The van der Waals surface area contributed by atoms with Crippen molar-refractivity contribution in [1.29, 1.82) is 0 Å². The van der Waals surface area contributed by atoms with Gasteiger partial charge in [0.25, 0.3) is 5.91 Å². The first-order valence-corrected chi connectivity index (χ1v) is 6.74. The molecule has 0 spiro atoms. The normalized spacial score (nSPS) is 10.0. The van der Waals surface area contributed by atoms with Crippen LogP contribution < -0.4 is 16.4 Å². The van der Waals surface area contributed by atoms with E-state index >= 15 is 0 Å². The van der Waals surface area contributed by atoms with Crippen LogP contribution in [0.25, 0.3) is 0 Å². The Labute approximate surface area is 127 Å². The number of carbonyl (C=O) groups is 2. The van der Waals surface area contributed by atoms with E-state index in [2.05, 4.69) is 10.6 Å². The Kier molecular flexibility index (Phi) is 5.08. The third-order valence-corrected chi connectivity index (χ3v) is 3.00. The molecule has 2 aromatic rings. The van der Waals surface area contributed by atoms with Crippen LogP contribution >= 0.6 is 0 Å². The molecule has 6 heteroatoms. The predicted octanol–water partition coefficient (Wildman–Crippen LogP) is 2.29. The maximum absolute atomic E-state index is 13.0. The highest BCUT2D eigenvalue weighted by Gasteiger charge is 2.05. The smallest absolute Gasteiger partial charge is 0.316 e. The average molecular weight is 301 g/mol. The number of rotatable bonds is 5. The number of hydrogen-bond acceptors (Lipinski definition) is 2. The first-order chi connectivity index (χ1) is 10.5. The van der Waals surface area contributed by atoms with E-state index in [0.29, 0.717) is 24.2 Å². The summed E-state index contributed by atoms with van der Waals surface area (Å²) in [5.41, 5.74) is 6.80. The lowest BCUT2D eigenvalue weighted by Gasteiger charge is -2.07. The quantitative estimate of drug-likeness (QED) is 0.791. The Hall–Kier alpha value is -2.89. The van der Waals surface area contributed by atoms with Crippen molar-refractivity contribution in [3.8, 4) is 0 Å². The van der Waals surface area contributed by atoms with Crippen LogP contribution in [0.1, 0.15) is 15.9 Å². The van der Waals surface area contributed by atoms with Gasteiger partial charge in [-0.15, -0.1) is 0 Å². The van der Waals surface area contributed by atoms with Crippen molar-refractivity contribution in [2.45, 2.75) is 6.42 Å². The molecule has 0 saturated carbocycles. The van der Waals surface area contributed by atoms with Gasteiger partial charge in [0.15, 0.2) is 0 Å². The topological polar surface area (TPSA) is 84.2 Å². The minimum atomic E-state index is -0.660. The number of nitrogens with one attached hydrogen (secondary N) is 2. The van der Waals surface area contributed by atoms with Crippen molar-refractivity contribution in [2.24, 2.45) is 5.73 Å². The molecule has 0 aliphatic carbocycles. The maximum Gasteiger partial charge on any atom is 0.316 e. The number of nitrogens with two attached hydrogens (primary N) is 1. The molecule has 4 N–H and O–H groups in total. The van der Waals surface area contributed by atoms with E-state index in [-0.39, 0.29) is 11.7 Å². The molecule has 0 aliphatic rings. The molecule has 114 valence electrons. The van der Waals surface area contributed by atoms with Crippen LogP contribution in [0.2, 0.25) is 0 Å². The molecule has 0 saturated heterocycles. The Morgan fingerprint density at radius 1 is 1.09 bits per heavy atom. The zero-order chi connectivity index (χ0) is 15.9. The number of primary amides is 1. The zero-order valence-corrected chi connectivity index (χ0v) is 11.8. The van der Waals surface area contributed by atoms with E-state index in [1.54, 1.807) is 36.4 Å². The summed E-state index contributed by atoms with van der Waals surface area (Å²) in [5, 5.41) is 5.17. The van der Waals surface area contributed by atoms with E-state index in [9.17, 15) is 14.0 Å². The fourth-order valence-corrected chi connectivity index (χ4v) is 1.96. The third-order valence-electron chi connectivity index (χ3n) is 3.00. The maximum atomic E-state index is 13.0. The zero-order valence-electron chi connectivity index (χ0n) is 11.8. The molecule has 0 radical (unpaired) electrons. The monoisotopic (exact) mass is 301 g/mol. The molecule has 3 amide bonds. The fourth-order valence-electron chi connectivity index (χ4n) is 1.96. The molecular weight excluding hydrogens is 285 g/mol. The summed E-state index contributed by atoms with van der Waals surface area (Å²) in [4.78, 5) is 22.6. The largest absolute Gasteiger partial charge is 0.352 e. The summed E-state index contributed by atoms with van der Waals surface area (Å²) < 4.78 is 13.0. The Balaban J connectivity index is 1.85. The standard InChI is InChI=1S/C16H16FN3O2/c17-13-3-1-2-11(10-13)8-9-19-15(21)12-4-6-14(7-5-12)20-16(18)22/h1-7,10H,8-9H2,(H,19,21)(H3,18,20,22). The number of halogens is 1. The van der Waals surface area contributed by atoms with E-state index in [0.717, 1.165) is 5.56 Å². The van der Waals surface area contributed by atoms with Crippen LogP contribution in [0.4, 0.5) is 14.9 Å². The van der Waals surface area contributed by atoms with Gasteiger partial charge in [0, 0.05) is 17.8 Å². The summed E-state index contributed by atoms with van der Waals surface area (Å²) >= 11 is 0. The number of benzene rings is 2. The van der Waals surface area contributed by atoms with E-state index in [1.165, 1.54) is 12.1 Å². The lowest BCUT2D eigenvalue weighted by molar-refractivity contribution is 0.0954. The van der Waals surface area contributed by atoms with Crippen molar-refractivity contribution in [3.05, 3.63) is 65.5 Å². The van der Waals surface area contributed by atoms with Gasteiger partial charge in [-0.05, 0) is 48.4 Å². The first-order valence-electron chi connectivity index (χ1n) is 6.74. The number of carbonyl (C=O) groups excluding carboxylic acids is 2. The minimum Gasteiger partial charge on any atom is -0.352 e. The van der Waals surface area contributed by atoms with Crippen LogP contribution in [0, 0.1) is 5.82 Å². The van der Waals surface area contributed by atoms with Crippen molar-refractivity contribution in [1.82, 2.24) is 5.32 Å².